The number of hydrogen-bond acceptors (Lipinski definition) is 6. The maximum atomic E-state index is 11.7. The molecule has 1 aromatic heterocycles. The highest BCUT2D eigenvalue weighted by Crippen LogP contribution is 2.22. The van der Waals surface area contributed by atoms with Crippen LogP contribution in [0.15, 0.2) is 45.9 Å². The summed E-state index contributed by atoms with van der Waals surface area (Å²) in [5.41, 5.74) is 4.12. The Balaban J connectivity index is 1.49. The Morgan fingerprint density at radius 1 is 1.32 bits per heavy atom. The molecule has 1 aromatic carbocycles. The SMILES string of the molecule is CCOC(=O)c1ccc(-c2ccc(/C=N\NC(=S)NC[C@H]3CCCO3)o2)cc1. The summed E-state index contributed by atoms with van der Waals surface area (Å²) >= 11 is 5.18. The van der Waals surface area contributed by atoms with E-state index in [2.05, 4.69) is 15.8 Å². The molecule has 1 aliphatic rings. The van der Waals surface area contributed by atoms with Crippen molar-refractivity contribution in [1.82, 2.24) is 10.7 Å². The van der Waals surface area contributed by atoms with E-state index in [4.69, 9.17) is 26.1 Å². The normalized spacial score (nSPS) is 16.2. The van der Waals surface area contributed by atoms with Crippen molar-refractivity contribution in [2.24, 2.45) is 5.10 Å². The Labute approximate surface area is 169 Å². The summed E-state index contributed by atoms with van der Waals surface area (Å²) in [6.07, 6.45) is 3.91. The number of ether oxygens (including phenoxy) is 2. The van der Waals surface area contributed by atoms with Crippen LogP contribution >= 0.6 is 12.2 Å². The number of esters is 1. The van der Waals surface area contributed by atoms with Crippen LogP contribution in [0, 0.1) is 0 Å². The molecule has 1 saturated heterocycles. The van der Waals surface area contributed by atoms with Gasteiger partial charge in [0.05, 0.1) is 24.5 Å². The van der Waals surface area contributed by atoms with Crippen molar-refractivity contribution in [3.8, 4) is 11.3 Å². The molecule has 0 bridgehead atoms. The number of hydrogen-bond donors (Lipinski definition) is 2. The van der Waals surface area contributed by atoms with Crippen LogP contribution in [0.25, 0.3) is 11.3 Å². The number of furan rings is 1. The van der Waals surface area contributed by atoms with Gasteiger partial charge >= 0.3 is 5.97 Å². The zero-order chi connectivity index (χ0) is 19.8. The second-order valence-electron chi connectivity index (χ2n) is 6.21. The van der Waals surface area contributed by atoms with Gasteiger partial charge < -0.3 is 19.2 Å². The quantitative estimate of drug-likeness (QED) is 0.319. The maximum Gasteiger partial charge on any atom is 0.338 e. The zero-order valence-corrected chi connectivity index (χ0v) is 16.5. The van der Waals surface area contributed by atoms with Gasteiger partial charge in [-0.3, -0.25) is 5.43 Å². The van der Waals surface area contributed by atoms with Crippen LogP contribution in [0.2, 0.25) is 0 Å². The fourth-order valence-corrected chi connectivity index (χ4v) is 2.90. The first-order valence-electron chi connectivity index (χ1n) is 9.21. The predicted octanol–water partition coefficient (Wildman–Crippen LogP) is 3.10. The van der Waals surface area contributed by atoms with Gasteiger partial charge in [-0.25, -0.2) is 4.79 Å². The van der Waals surface area contributed by atoms with Crippen LogP contribution in [0.1, 0.15) is 35.9 Å². The average molecular weight is 401 g/mol. The predicted molar refractivity (Wildman–Crippen MR) is 110 cm³/mol. The summed E-state index contributed by atoms with van der Waals surface area (Å²) in [4.78, 5) is 11.7. The molecule has 2 N–H and O–H groups in total. The second-order valence-corrected chi connectivity index (χ2v) is 6.62. The highest BCUT2D eigenvalue weighted by molar-refractivity contribution is 7.80. The van der Waals surface area contributed by atoms with Gasteiger partial charge in [-0.1, -0.05) is 12.1 Å². The van der Waals surface area contributed by atoms with Crippen LogP contribution in [0.3, 0.4) is 0 Å². The fourth-order valence-electron chi connectivity index (χ4n) is 2.77. The third-order valence-electron chi connectivity index (χ3n) is 4.18. The van der Waals surface area contributed by atoms with Gasteiger partial charge in [0.15, 0.2) is 5.11 Å². The average Bonchev–Trinajstić information content (AvgIpc) is 3.39. The molecule has 28 heavy (non-hydrogen) atoms. The van der Waals surface area contributed by atoms with Crippen molar-refractivity contribution in [3.05, 3.63) is 47.7 Å². The third kappa shape index (κ3) is 5.64. The molecular weight excluding hydrogens is 378 g/mol. The number of carbonyl (C=O) groups is 1. The van der Waals surface area contributed by atoms with Crippen molar-refractivity contribution in [3.63, 3.8) is 0 Å². The number of carbonyl (C=O) groups excluding carboxylic acids is 1. The van der Waals surface area contributed by atoms with E-state index in [9.17, 15) is 4.79 Å². The highest BCUT2D eigenvalue weighted by atomic mass is 32.1. The number of nitrogens with zero attached hydrogens (tertiary/aromatic N) is 1. The molecule has 0 saturated carbocycles. The van der Waals surface area contributed by atoms with E-state index in [0.29, 0.717) is 35.3 Å². The summed E-state index contributed by atoms with van der Waals surface area (Å²) in [6.45, 7) is 3.62. The van der Waals surface area contributed by atoms with Crippen LogP contribution < -0.4 is 10.7 Å². The summed E-state index contributed by atoms with van der Waals surface area (Å²) in [6, 6.07) is 10.7. The zero-order valence-electron chi connectivity index (χ0n) is 15.6. The minimum Gasteiger partial charge on any atom is -0.462 e. The first kappa shape index (κ1) is 20.0. The number of nitrogens with one attached hydrogen (secondary N) is 2. The molecule has 7 nitrogen and oxygen atoms in total. The number of rotatable bonds is 7. The van der Waals surface area contributed by atoms with Crippen LogP contribution in [-0.2, 0) is 9.47 Å². The smallest absolute Gasteiger partial charge is 0.338 e. The standard InChI is InChI=1S/C20H23N3O4S/c1-2-25-19(24)15-7-5-14(6-8-15)18-10-9-17(27-18)13-22-23-20(28)21-12-16-4-3-11-26-16/h5-10,13,16H,2-4,11-12H2,1H3,(H2,21,23,28)/b22-13-/t16-/m1/s1. The monoisotopic (exact) mass is 401 g/mol. The van der Waals surface area contributed by atoms with Gasteiger partial charge in [0.2, 0.25) is 0 Å². The van der Waals surface area contributed by atoms with E-state index in [1.807, 2.05) is 24.3 Å². The van der Waals surface area contributed by atoms with Gasteiger partial charge in [0, 0.05) is 18.7 Å². The number of thiocarbonyl (C=S) groups is 1. The molecule has 148 valence electrons. The van der Waals surface area contributed by atoms with Gasteiger partial charge in [-0.15, -0.1) is 0 Å². The van der Waals surface area contributed by atoms with Crippen molar-refractivity contribution < 1.29 is 18.7 Å². The maximum absolute atomic E-state index is 11.7. The lowest BCUT2D eigenvalue weighted by Crippen LogP contribution is -2.37. The Kier molecular flexibility index (Phi) is 7.16. The Morgan fingerprint density at radius 2 is 2.14 bits per heavy atom. The van der Waals surface area contributed by atoms with Gasteiger partial charge in [0.25, 0.3) is 0 Å². The molecular formula is C20H23N3O4S. The van der Waals surface area contributed by atoms with Gasteiger partial charge in [-0.05, 0) is 56.2 Å². The van der Waals surface area contributed by atoms with E-state index >= 15 is 0 Å². The van der Waals surface area contributed by atoms with E-state index < -0.39 is 0 Å². The minimum atomic E-state index is -0.337. The lowest BCUT2D eigenvalue weighted by atomic mass is 10.1. The highest BCUT2D eigenvalue weighted by Gasteiger charge is 2.15. The first-order valence-corrected chi connectivity index (χ1v) is 9.62. The van der Waals surface area contributed by atoms with E-state index in [0.717, 1.165) is 25.0 Å². The topological polar surface area (TPSA) is 85.1 Å². The van der Waals surface area contributed by atoms with E-state index in [1.165, 1.54) is 0 Å². The van der Waals surface area contributed by atoms with Crippen LogP contribution in [0.4, 0.5) is 0 Å². The molecule has 2 heterocycles. The van der Waals surface area contributed by atoms with Gasteiger partial charge in [0.1, 0.15) is 11.5 Å². The molecule has 0 spiro atoms. The summed E-state index contributed by atoms with van der Waals surface area (Å²) in [5.74, 6) is 0.923. The molecule has 3 rings (SSSR count). The minimum absolute atomic E-state index is 0.214. The lowest BCUT2D eigenvalue weighted by molar-refractivity contribution is 0.0526. The van der Waals surface area contributed by atoms with Crippen molar-refractivity contribution >= 4 is 29.5 Å². The largest absolute Gasteiger partial charge is 0.462 e. The Morgan fingerprint density at radius 3 is 2.86 bits per heavy atom. The van der Waals surface area contributed by atoms with Crippen molar-refractivity contribution in [2.45, 2.75) is 25.9 Å². The molecule has 2 aromatic rings. The molecule has 0 aliphatic carbocycles. The summed E-state index contributed by atoms with van der Waals surface area (Å²) in [5, 5.41) is 7.59. The van der Waals surface area contributed by atoms with Gasteiger partial charge in [-0.2, -0.15) is 5.10 Å². The second kappa shape index (κ2) is 10.0. The molecule has 0 unspecified atom stereocenters. The van der Waals surface area contributed by atoms with Crippen LogP contribution in [0.5, 0.6) is 0 Å². The third-order valence-corrected chi connectivity index (χ3v) is 4.42. The molecule has 8 heteroatoms. The lowest BCUT2D eigenvalue weighted by Gasteiger charge is -2.11. The molecule has 0 radical (unpaired) electrons. The number of benzene rings is 1. The Bertz CT molecular complexity index is 826. The Hall–Kier alpha value is -2.71. The molecule has 1 aliphatic heterocycles. The van der Waals surface area contributed by atoms with E-state index in [-0.39, 0.29) is 12.1 Å². The first-order chi connectivity index (χ1) is 13.7. The summed E-state index contributed by atoms with van der Waals surface area (Å²) in [7, 11) is 0. The number of hydrazone groups is 1. The molecule has 0 amide bonds. The fraction of sp³-hybridized carbons (Fsp3) is 0.350. The summed E-state index contributed by atoms with van der Waals surface area (Å²) < 4.78 is 16.3. The van der Waals surface area contributed by atoms with Crippen molar-refractivity contribution in [2.75, 3.05) is 19.8 Å². The van der Waals surface area contributed by atoms with Crippen molar-refractivity contribution in [1.29, 1.82) is 0 Å². The molecule has 1 atom stereocenters. The molecule has 1 fully saturated rings. The van der Waals surface area contributed by atoms with E-state index in [1.54, 1.807) is 25.3 Å². The van der Waals surface area contributed by atoms with Crippen LogP contribution in [-0.4, -0.2) is 43.2 Å².